The lowest BCUT2D eigenvalue weighted by Gasteiger charge is -2.46. The van der Waals surface area contributed by atoms with E-state index in [4.69, 9.17) is 19.7 Å². The summed E-state index contributed by atoms with van der Waals surface area (Å²) >= 11 is 0. The van der Waals surface area contributed by atoms with Crippen molar-refractivity contribution in [2.24, 2.45) is 0 Å². The van der Waals surface area contributed by atoms with Crippen LogP contribution in [0.2, 0.25) is 0 Å². The smallest absolute Gasteiger partial charge is 0.256 e. The zero-order valence-electron chi connectivity index (χ0n) is 19.7. The minimum absolute atomic E-state index is 0.116. The van der Waals surface area contributed by atoms with Crippen molar-refractivity contribution in [2.45, 2.75) is 63.6 Å². The van der Waals surface area contributed by atoms with E-state index in [-0.39, 0.29) is 5.60 Å². The highest BCUT2D eigenvalue weighted by Crippen LogP contribution is 2.41. The zero-order valence-corrected chi connectivity index (χ0v) is 19.7. The summed E-state index contributed by atoms with van der Waals surface area (Å²) in [6.07, 6.45) is 4.69. The van der Waals surface area contributed by atoms with Gasteiger partial charge in [0.2, 0.25) is 5.95 Å². The Morgan fingerprint density at radius 1 is 1.17 bits per heavy atom. The number of aromatic nitrogens is 6. The van der Waals surface area contributed by atoms with Crippen LogP contribution in [0.15, 0.2) is 18.3 Å². The number of aromatic amines is 1. The third-order valence-corrected chi connectivity index (χ3v) is 7.34. The molecule has 1 aliphatic heterocycles. The van der Waals surface area contributed by atoms with Gasteiger partial charge in [0.25, 0.3) is 6.43 Å². The third kappa shape index (κ3) is 3.87. The SMILES string of the molecule is CNc1nc(N[C@H]2CC[C@]3(CCO3)CC2)nc2[nH]cc(-c3ccc4nc(C)n(CC(F)F)c4n3)c12. The number of nitrogens with one attached hydrogen (secondary N) is 3. The largest absolute Gasteiger partial charge is 0.375 e. The highest BCUT2D eigenvalue weighted by Gasteiger charge is 2.41. The van der Waals surface area contributed by atoms with E-state index in [2.05, 4.69) is 20.6 Å². The van der Waals surface area contributed by atoms with E-state index < -0.39 is 13.0 Å². The molecule has 2 fully saturated rings. The summed E-state index contributed by atoms with van der Waals surface area (Å²) in [6, 6.07) is 3.96. The fraction of sp³-hybridized carbons (Fsp3) is 0.500. The van der Waals surface area contributed by atoms with Crippen molar-refractivity contribution in [2.75, 3.05) is 24.3 Å². The molecular formula is C24H28F2N8O. The molecule has 1 saturated carbocycles. The topological polar surface area (TPSA) is 106 Å². The molecule has 1 spiro atoms. The van der Waals surface area contributed by atoms with Gasteiger partial charge < -0.3 is 24.9 Å². The van der Waals surface area contributed by atoms with E-state index >= 15 is 0 Å². The predicted molar refractivity (Wildman–Crippen MR) is 130 cm³/mol. The second kappa shape index (κ2) is 8.40. The van der Waals surface area contributed by atoms with Crippen molar-refractivity contribution in [3.8, 4) is 11.3 Å². The molecule has 0 atom stereocenters. The molecule has 35 heavy (non-hydrogen) atoms. The van der Waals surface area contributed by atoms with Gasteiger partial charge in [0, 0.05) is 24.8 Å². The van der Waals surface area contributed by atoms with Gasteiger partial charge in [-0.2, -0.15) is 9.97 Å². The van der Waals surface area contributed by atoms with Crippen LogP contribution in [0, 0.1) is 6.92 Å². The molecule has 2 aliphatic rings. The molecule has 6 rings (SSSR count). The summed E-state index contributed by atoms with van der Waals surface area (Å²) in [6.45, 7) is 2.15. The first-order chi connectivity index (χ1) is 16.9. The minimum atomic E-state index is -2.49. The van der Waals surface area contributed by atoms with Gasteiger partial charge in [0.1, 0.15) is 22.8 Å². The van der Waals surface area contributed by atoms with E-state index in [1.807, 2.05) is 25.4 Å². The molecule has 5 heterocycles. The molecule has 0 amide bonds. The van der Waals surface area contributed by atoms with E-state index in [0.29, 0.717) is 46.1 Å². The Morgan fingerprint density at radius 3 is 2.66 bits per heavy atom. The Hall–Kier alpha value is -3.34. The molecule has 0 bridgehead atoms. The number of nitrogens with zero attached hydrogens (tertiary/aromatic N) is 5. The lowest BCUT2D eigenvalue weighted by Crippen LogP contribution is -2.48. The number of alkyl halides is 2. The van der Waals surface area contributed by atoms with E-state index in [0.717, 1.165) is 43.2 Å². The van der Waals surface area contributed by atoms with Crippen LogP contribution in [0.4, 0.5) is 20.5 Å². The van der Waals surface area contributed by atoms with Gasteiger partial charge in [-0.05, 0) is 51.2 Å². The maximum Gasteiger partial charge on any atom is 0.256 e. The van der Waals surface area contributed by atoms with Crippen LogP contribution >= 0.6 is 0 Å². The standard InChI is InChI=1S/C24H28F2N8O/c1-13-29-17-4-3-16(31-22(17)34(13)12-18(25)26)15-11-28-21-19(15)20(27-2)32-23(33-21)30-14-5-7-24(8-6-14)9-10-35-24/h3-4,11,14,18H,5-10,12H2,1-2H3,(H3,27,28,30,32,33)/t14-,24+. The summed E-state index contributed by atoms with van der Waals surface area (Å²) in [4.78, 5) is 21.8. The van der Waals surface area contributed by atoms with Gasteiger partial charge in [0.05, 0.1) is 29.8 Å². The number of H-pyrrole nitrogens is 1. The molecule has 4 aromatic rings. The normalized spacial score (nSPS) is 22.3. The highest BCUT2D eigenvalue weighted by molar-refractivity contribution is 6.01. The Kier molecular flexibility index (Phi) is 5.32. The second-order valence-corrected chi connectivity index (χ2v) is 9.47. The number of pyridine rings is 1. The molecule has 3 N–H and O–H groups in total. The number of fused-ring (bicyclic) bond motifs is 2. The van der Waals surface area contributed by atoms with Gasteiger partial charge in [0.15, 0.2) is 5.65 Å². The number of aryl methyl sites for hydroxylation is 1. The number of hydrogen-bond acceptors (Lipinski definition) is 7. The Labute approximate surface area is 200 Å². The molecule has 184 valence electrons. The van der Waals surface area contributed by atoms with Crippen molar-refractivity contribution < 1.29 is 13.5 Å². The minimum Gasteiger partial charge on any atom is -0.375 e. The lowest BCUT2D eigenvalue weighted by atomic mass is 9.77. The number of halogens is 2. The van der Waals surface area contributed by atoms with Gasteiger partial charge in [-0.1, -0.05) is 0 Å². The fourth-order valence-corrected chi connectivity index (χ4v) is 5.36. The van der Waals surface area contributed by atoms with Crippen LogP contribution in [-0.4, -0.2) is 61.2 Å². The summed E-state index contributed by atoms with van der Waals surface area (Å²) < 4.78 is 33.6. The maximum atomic E-state index is 13.1. The van der Waals surface area contributed by atoms with Gasteiger partial charge in [-0.15, -0.1) is 0 Å². The van der Waals surface area contributed by atoms with E-state index in [1.54, 1.807) is 6.92 Å². The van der Waals surface area contributed by atoms with Crippen LogP contribution in [-0.2, 0) is 11.3 Å². The molecule has 0 unspecified atom stereocenters. The van der Waals surface area contributed by atoms with Crippen LogP contribution < -0.4 is 10.6 Å². The molecule has 1 aliphatic carbocycles. The summed E-state index contributed by atoms with van der Waals surface area (Å²) in [5.41, 5.74) is 3.25. The maximum absolute atomic E-state index is 13.1. The Bertz CT molecular complexity index is 1380. The van der Waals surface area contributed by atoms with Crippen molar-refractivity contribution in [3.63, 3.8) is 0 Å². The lowest BCUT2D eigenvalue weighted by molar-refractivity contribution is -0.165. The summed E-state index contributed by atoms with van der Waals surface area (Å²) in [5, 5.41) is 7.48. The van der Waals surface area contributed by atoms with Crippen LogP contribution in [0.1, 0.15) is 37.9 Å². The van der Waals surface area contributed by atoms with E-state index in [9.17, 15) is 8.78 Å². The van der Waals surface area contributed by atoms with Gasteiger partial charge >= 0.3 is 0 Å². The van der Waals surface area contributed by atoms with Crippen molar-refractivity contribution in [1.82, 2.24) is 29.5 Å². The highest BCUT2D eigenvalue weighted by atomic mass is 19.3. The number of rotatable bonds is 6. The Balaban J connectivity index is 1.32. The number of hydrogen-bond donors (Lipinski definition) is 3. The molecule has 11 heteroatoms. The zero-order chi connectivity index (χ0) is 24.2. The molecule has 0 radical (unpaired) electrons. The number of imidazole rings is 1. The van der Waals surface area contributed by atoms with Crippen molar-refractivity contribution in [3.05, 3.63) is 24.2 Å². The van der Waals surface area contributed by atoms with Crippen molar-refractivity contribution >= 4 is 34.0 Å². The average Bonchev–Trinajstić information content (AvgIpc) is 3.38. The van der Waals surface area contributed by atoms with Gasteiger partial charge in [-0.25, -0.2) is 18.7 Å². The fourth-order valence-electron chi connectivity index (χ4n) is 5.36. The van der Waals surface area contributed by atoms with Crippen LogP contribution in [0.5, 0.6) is 0 Å². The molecular weight excluding hydrogens is 454 g/mol. The number of anilines is 2. The first-order valence-electron chi connectivity index (χ1n) is 12.0. The summed E-state index contributed by atoms with van der Waals surface area (Å²) in [5.74, 6) is 1.75. The van der Waals surface area contributed by atoms with Crippen LogP contribution in [0.3, 0.4) is 0 Å². The Morgan fingerprint density at radius 2 is 1.97 bits per heavy atom. The second-order valence-electron chi connectivity index (χ2n) is 9.47. The predicted octanol–water partition coefficient (Wildman–Crippen LogP) is 4.50. The first-order valence-corrected chi connectivity index (χ1v) is 12.0. The van der Waals surface area contributed by atoms with Crippen molar-refractivity contribution in [1.29, 1.82) is 0 Å². The monoisotopic (exact) mass is 482 g/mol. The first kappa shape index (κ1) is 22.1. The number of ether oxygens (including phenoxy) is 1. The molecule has 1 saturated heterocycles. The third-order valence-electron chi connectivity index (χ3n) is 7.34. The van der Waals surface area contributed by atoms with Crippen LogP contribution in [0.25, 0.3) is 33.5 Å². The van der Waals surface area contributed by atoms with E-state index in [1.165, 1.54) is 11.0 Å². The molecule has 0 aromatic carbocycles. The quantitative estimate of drug-likeness (QED) is 0.372. The summed E-state index contributed by atoms with van der Waals surface area (Å²) in [7, 11) is 1.82. The molecule has 4 aromatic heterocycles. The molecule has 9 nitrogen and oxygen atoms in total. The average molecular weight is 483 g/mol. The van der Waals surface area contributed by atoms with Gasteiger partial charge in [-0.3, -0.25) is 0 Å².